The normalized spacial score (nSPS) is 19.3. The SMILES string of the molecule is CC1=CC(=O)C(C(F)(F)F)(S(=O)(=O)c2ccc(C)cc2)C(c2ccc(C#N)cc2S(C)(=O)=O)=C1. The van der Waals surface area contributed by atoms with Crippen molar-refractivity contribution in [1.82, 2.24) is 0 Å². The van der Waals surface area contributed by atoms with E-state index in [1.165, 1.54) is 19.1 Å². The van der Waals surface area contributed by atoms with Gasteiger partial charge >= 0.3 is 6.18 Å². The van der Waals surface area contributed by atoms with Gasteiger partial charge in [0.15, 0.2) is 15.6 Å². The first-order valence-electron chi connectivity index (χ1n) is 9.65. The Morgan fingerprint density at radius 1 is 0.941 bits per heavy atom. The molecule has 0 radical (unpaired) electrons. The van der Waals surface area contributed by atoms with Crippen molar-refractivity contribution in [3.63, 3.8) is 0 Å². The molecule has 0 saturated carbocycles. The van der Waals surface area contributed by atoms with Crippen molar-refractivity contribution in [3.8, 4) is 6.07 Å². The molecule has 1 aliphatic carbocycles. The number of sulfone groups is 2. The molecule has 34 heavy (non-hydrogen) atoms. The molecule has 0 aliphatic heterocycles. The Morgan fingerprint density at radius 3 is 2.03 bits per heavy atom. The Balaban J connectivity index is 2.54. The number of nitrogens with zero attached hydrogens (tertiary/aromatic N) is 1. The van der Waals surface area contributed by atoms with Crippen molar-refractivity contribution in [2.75, 3.05) is 6.26 Å². The molecule has 0 saturated heterocycles. The molecule has 0 aromatic heterocycles. The van der Waals surface area contributed by atoms with E-state index in [4.69, 9.17) is 5.26 Å². The Kier molecular flexibility index (Phi) is 6.14. The van der Waals surface area contributed by atoms with Crippen LogP contribution in [0.15, 0.2) is 70.0 Å². The summed E-state index contributed by atoms with van der Waals surface area (Å²) in [6.07, 6.45) is -3.53. The average molecular weight is 510 g/mol. The molecule has 0 amide bonds. The van der Waals surface area contributed by atoms with Gasteiger partial charge in [-0.3, -0.25) is 4.79 Å². The number of halogens is 3. The van der Waals surface area contributed by atoms with Crippen LogP contribution in [0.1, 0.15) is 23.6 Å². The van der Waals surface area contributed by atoms with Gasteiger partial charge in [0, 0.05) is 6.26 Å². The number of carbonyl (C=O) groups is 1. The zero-order chi connectivity index (χ0) is 25.7. The number of carbonyl (C=O) groups excluding carboxylic acids is 1. The molecule has 2 aromatic rings. The van der Waals surface area contributed by atoms with Crippen LogP contribution in [0.5, 0.6) is 0 Å². The van der Waals surface area contributed by atoms with Crippen LogP contribution >= 0.6 is 0 Å². The number of rotatable bonds is 4. The molecule has 178 valence electrons. The van der Waals surface area contributed by atoms with Gasteiger partial charge in [0.25, 0.3) is 4.75 Å². The average Bonchev–Trinajstić information content (AvgIpc) is 2.71. The van der Waals surface area contributed by atoms with Gasteiger partial charge < -0.3 is 0 Å². The maximum Gasteiger partial charge on any atom is 0.420 e. The molecule has 1 atom stereocenters. The van der Waals surface area contributed by atoms with Gasteiger partial charge in [-0.25, -0.2) is 16.8 Å². The molecule has 1 unspecified atom stereocenters. The van der Waals surface area contributed by atoms with E-state index in [0.717, 1.165) is 36.4 Å². The topological polar surface area (TPSA) is 109 Å². The molecule has 0 heterocycles. The second-order valence-electron chi connectivity index (χ2n) is 7.90. The molecule has 6 nitrogen and oxygen atoms in total. The largest absolute Gasteiger partial charge is 0.420 e. The van der Waals surface area contributed by atoms with Gasteiger partial charge in [0.2, 0.25) is 9.84 Å². The Bertz CT molecular complexity index is 1510. The lowest BCUT2D eigenvalue weighted by molar-refractivity contribution is -0.158. The molecule has 3 rings (SSSR count). The third kappa shape index (κ3) is 3.86. The first-order valence-corrected chi connectivity index (χ1v) is 13.0. The van der Waals surface area contributed by atoms with Crippen LogP contribution in [0.25, 0.3) is 5.57 Å². The van der Waals surface area contributed by atoms with E-state index in [-0.39, 0.29) is 11.1 Å². The van der Waals surface area contributed by atoms with Gasteiger partial charge in [-0.1, -0.05) is 29.8 Å². The predicted octanol–water partition coefficient (Wildman–Crippen LogP) is 3.96. The number of aryl methyl sites for hydroxylation is 1. The van der Waals surface area contributed by atoms with Crippen molar-refractivity contribution in [1.29, 1.82) is 5.26 Å². The summed E-state index contributed by atoms with van der Waals surface area (Å²) in [6, 6.07) is 9.03. The lowest BCUT2D eigenvalue weighted by Gasteiger charge is -2.37. The fourth-order valence-corrected chi connectivity index (χ4v) is 6.67. The van der Waals surface area contributed by atoms with E-state index in [0.29, 0.717) is 17.9 Å². The number of benzene rings is 2. The van der Waals surface area contributed by atoms with E-state index in [1.54, 1.807) is 13.0 Å². The molecule has 2 aromatic carbocycles. The number of nitriles is 1. The number of allylic oxidation sites excluding steroid dienone is 3. The minimum atomic E-state index is -5.67. The zero-order valence-electron chi connectivity index (χ0n) is 18.1. The van der Waals surface area contributed by atoms with Gasteiger partial charge in [-0.2, -0.15) is 18.4 Å². The minimum absolute atomic E-state index is 0.00259. The number of hydrogen-bond donors (Lipinski definition) is 0. The van der Waals surface area contributed by atoms with E-state index in [9.17, 15) is 34.8 Å². The van der Waals surface area contributed by atoms with Gasteiger partial charge in [-0.15, -0.1) is 0 Å². The van der Waals surface area contributed by atoms with Gasteiger partial charge in [0.05, 0.1) is 21.4 Å². The van der Waals surface area contributed by atoms with Gasteiger partial charge in [0.1, 0.15) is 0 Å². The Labute approximate surface area is 194 Å². The summed E-state index contributed by atoms with van der Waals surface area (Å²) in [5.41, 5.74) is -1.26. The number of ketones is 1. The Hall–Kier alpha value is -3.23. The van der Waals surface area contributed by atoms with Gasteiger partial charge in [-0.05, 0) is 60.9 Å². The van der Waals surface area contributed by atoms with Crippen LogP contribution < -0.4 is 0 Å². The highest BCUT2D eigenvalue weighted by Gasteiger charge is 2.71. The van der Waals surface area contributed by atoms with Crippen LogP contribution in [-0.2, 0) is 24.5 Å². The summed E-state index contributed by atoms with van der Waals surface area (Å²) in [5, 5.41) is 9.15. The molecule has 0 bridgehead atoms. The fraction of sp³-hybridized carbons (Fsp3) is 0.217. The molecular formula is C23H18F3NO5S2. The highest BCUT2D eigenvalue weighted by atomic mass is 32.2. The smallest absolute Gasteiger partial charge is 0.292 e. The lowest BCUT2D eigenvalue weighted by Crippen LogP contribution is -2.59. The maximum atomic E-state index is 14.9. The van der Waals surface area contributed by atoms with Crippen LogP contribution in [-0.4, -0.2) is 39.8 Å². The summed E-state index contributed by atoms with van der Waals surface area (Å²) < 4.78 is 92.7. The third-order valence-electron chi connectivity index (χ3n) is 5.39. The van der Waals surface area contributed by atoms with Crippen LogP contribution in [0.3, 0.4) is 0 Å². The maximum absolute atomic E-state index is 14.9. The van der Waals surface area contributed by atoms with Crippen molar-refractivity contribution in [2.45, 2.75) is 34.6 Å². The Morgan fingerprint density at radius 2 is 1.53 bits per heavy atom. The molecule has 11 heteroatoms. The first-order chi connectivity index (χ1) is 15.6. The zero-order valence-corrected chi connectivity index (χ0v) is 19.8. The first kappa shape index (κ1) is 25.4. The standard InChI is InChI=1S/C23H18F3NO5S2/c1-14-4-7-17(8-5-14)34(31,32)22(23(24,25)26)19(10-15(2)11-21(22)28)18-9-6-16(13-27)12-20(18)33(3,29)30/h4-12H,1-3H3. The highest BCUT2D eigenvalue weighted by Crippen LogP contribution is 2.53. The summed E-state index contributed by atoms with van der Waals surface area (Å²) in [5.74, 6) is -1.76. The molecular weight excluding hydrogens is 491 g/mol. The van der Waals surface area contributed by atoms with Crippen molar-refractivity contribution in [3.05, 3.63) is 76.9 Å². The van der Waals surface area contributed by atoms with Crippen LogP contribution in [0.4, 0.5) is 13.2 Å². The fourth-order valence-electron chi connectivity index (χ4n) is 3.82. The van der Waals surface area contributed by atoms with E-state index >= 15 is 0 Å². The van der Waals surface area contributed by atoms with E-state index in [2.05, 4.69) is 0 Å². The monoisotopic (exact) mass is 509 g/mol. The predicted molar refractivity (Wildman–Crippen MR) is 118 cm³/mol. The molecule has 0 N–H and O–H groups in total. The summed E-state index contributed by atoms with van der Waals surface area (Å²) in [7, 11) is -9.74. The van der Waals surface area contributed by atoms with E-state index in [1.807, 2.05) is 0 Å². The van der Waals surface area contributed by atoms with E-state index < -0.39 is 57.3 Å². The third-order valence-corrected chi connectivity index (χ3v) is 8.88. The lowest BCUT2D eigenvalue weighted by atomic mass is 9.82. The van der Waals surface area contributed by atoms with Crippen molar-refractivity contribution < 1.29 is 34.8 Å². The summed E-state index contributed by atoms with van der Waals surface area (Å²) in [4.78, 5) is 11.7. The molecule has 0 spiro atoms. The second kappa shape index (κ2) is 8.21. The number of alkyl halides is 3. The van der Waals surface area contributed by atoms with Crippen molar-refractivity contribution >= 4 is 31.0 Å². The summed E-state index contributed by atoms with van der Waals surface area (Å²) >= 11 is 0. The highest BCUT2D eigenvalue weighted by molar-refractivity contribution is 7.94. The molecule has 1 aliphatic rings. The summed E-state index contributed by atoms with van der Waals surface area (Å²) in [6.45, 7) is 2.90. The van der Waals surface area contributed by atoms with Crippen LogP contribution in [0, 0.1) is 18.3 Å². The van der Waals surface area contributed by atoms with Crippen LogP contribution in [0.2, 0.25) is 0 Å². The minimum Gasteiger partial charge on any atom is -0.292 e. The van der Waals surface area contributed by atoms with Crippen molar-refractivity contribution in [2.24, 2.45) is 0 Å². The second-order valence-corrected chi connectivity index (χ2v) is 12.0. The molecule has 0 fully saturated rings. The number of hydrogen-bond acceptors (Lipinski definition) is 6. The quantitative estimate of drug-likeness (QED) is 0.617.